The number of halogens is 1. The molecule has 1 heterocycles. The van der Waals surface area contributed by atoms with Gasteiger partial charge >= 0.3 is 0 Å². The third-order valence-corrected chi connectivity index (χ3v) is 3.83. The van der Waals surface area contributed by atoms with Crippen LogP contribution in [0.1, 0.15) is 48.1 Å². The Morgan fingerprint density at radius 2 is 2.05 bits per heavy atom. The summed E-state index contributed by atoms with van der Waals surface area (Å²) in [6, 6.07) is 10.8. The smallest absolute Gasteiger partial charge is 0.141 e. The summed E-state index contributed by atoms with van der Waals surface area (Å²) >= 11 is 0. The molecule has 3 heteroatoms. The summed E-state index contributed by atoms with van der Waals surface area (Å²) in [5.74, 6) is 0.243. The van der Waals surface area contributed by atoms with E-state index >= 15 is 0 Å². The summed E-state index contributed by atoms with van der Waals surface area (Å²) in [7, 11) is 0. The molecule has 98 valence electrons. The first-order valence-electron chi connectivity index (χ1n) is 6.63. The first-order chi connectivity index (χ1) is 9.24. The second-order valence-electron chi connectivity index (χ2n) is 5.10. The van der Waals surface area contributed by atoms with Gasteiger partial charge in [-0.2, -0.15) is 0 Å². The number of nitrogens with zero attached hydrogens (tertiary/aromatic N) is 1. The van der Waals surface area contributed by atoms with E-state index < -0.39 is 6.10 Å². The minimum atomic E-state index is -0.791. The molecule has 0 spiro atoms. The molecule has 0 bridgehead atoms. The maximum Gasteiger partial charge on any atom is 0.141 e. The average molecular weight is 257 g/mol. The zero-order valence-corrected chi connectivity index (χ0v) is 10.6. The number of hydrogen-bond donors (Lipinski definition) is 1. The Labute approximate surface area is 111 Å². The second kappa shape index (κ2) is 5.10. The highest BCUT2D eigenvalue weighted by molar-refractivity contribution is 5.32. The second-order valence-corrected chi connectivity index (χ2v) is 5.10. The van der Waals surface area contributed by atoms with Gasteiger partial charge in [-0.1, -0.05) is 30.7 Å². The van der Waals surface area contributed by atoms with Crippen LogP contribution in [0, 0.1) is 5.82 Å². The Balaban J connectivity index is 1.86. The van der Waals surface area contributed by atoms with Crippen LogP contribution in [0.3, 0.4) is 0 Å². The fraction of sp³-hybridized carbons (Fsp3) is 0.312. The van der Waals surface area contributed by atoms with Gasteiger partial charge in [0, 0.05) is 0 Å². The van der Waals surface area contributed by atoms with Crippen LogP contribution in [0.5, 0.6) is 0 Å². The number of rotatable bonds is 3. The fourth-order valence-corrected chi connectivity index (χ4v) is 2.44. The van der Waals surface area contributed by atoms with Gasteiger partial charge in [0.2, 0.25) is 0 Å². The van der Waals surface area contributed by atoms with E-state index in [1.165, 1.54) is 37.0 Å². The molecule has 1 aliphatic rings. The predicted molar refractivity (Wildman–Crippen MR) is 71.3 cm³/mol. The molecule has 1 saturated carbocycles. The third-order valence-electron chi connectivity index (χ3n) is 3.83. The molecule has 0 radical (unpaired) electrons. The van der Waals surface area contributed by atoms with Gasteiger partial charge in [-0.25, -0.2) is 4.39 Å². The average Bonchev–Trinajstić information content (AvgIpc) is 2.37. The van der Waals surface area contributed by atoms with Crippen molar-refractivity contribution in [3.05, 3.63) is 65.2 Å². The summed E-state index contributed by atoms with van der Waals surface area (Å²) in [6.07, 6.45) is 4.09. The Morgan fingerprint density at radius 1 is 1.21 bits per heavy atom. The topological polar surface area (TPSA) is 33.1 Å². The SMILES string of the molecule is OC(c1cccc(C2CCC2)c1)c1ccc(F)cn1. The largest absolute Gasteiger partial charge is 0.382 e. The van der Waals surface area contributed by atoms with Gasteiger partial charge in [-0.15, -0.1) is 0 Å². The Kier molecular flexibility index (Phi) is 3.30. The molecule has 1 N–H and O–H groups in total. The molecule has 2 aromatic rings. The normalized spacial score (nSPS) is 16.9. The van der Waals surface area contributed by atoms with Gasteiger partial charge in [0.25, 0.3) is 0 Å². The van der Waals surface area contributed by atoms with Crippen molar-refractivity contribution in [3.63, 3.8) is 0 Å². The van der Waals surface area contributed by atoms with E-state index in [-0.39, 0.29) is 5.82 Å². The van der Waals surface area contributed by atoms with Crippen LogP contribution in [0.15, 0.2) is 42.6 Å². The molecule has 1 atom stereocenters. The molecule has 1 aliphatic carbocycles. The van der Waals surface area contributed by atoms with Crippen LogP contribution in [0.25, 0.3) is 0 Å². The lowest BCUT2D eigenvalue weighted by Gasteiger charge is -2.26. The van der Waals surface area contributed by atoms with Gasteiger partial charge in [0.15, 0.2) is 0 Å². The van der Waals surface area contributed by atoms with E-state index in [0.29, 0.717) is 11.6 Å². The Morgan fingerprint density at radius 3 is 2.68 bits per heavy atom. The lowest BCUT2D eigenvalue weighted by Crippen LogP contribution is -2.10. The zero-order valence-electron chi connectivity index (χ0n) is 10.6. The number of benzene rings is 1. The van der Waals surface area contributed by atoms with Crippen molar-refractivity contribution >= 4 is 0 Å². The van der Waals surface area contributed by atoms with Gasteiger partial charge in [-0.3, -0.25) is 4.98 Å². The number of hydrogen-bond acceptors (Lipinski definition) is 2. The Bertz CT molecular complexity index is 563. The van der Waals surface area contributed by atoms with Crippen LogP contribution in [0.4, 0.5) is 4.39 Å². The number of aromatic nitrogens is 1. The van der Waals surface area contributed by atoms with Crippen LogP contribution in [-0.2, 0) is 0 Å². The number of pyridine rings is 1. The van der Waals surface area contributed by atoms with Crippen LogP contribution < -0.4 is 0 Å². The maximum atomic E-state index is 12.8. The molecule has 0 amide bonds. The first kappa shape index (κ1) is 12.3. The van der Waals surface area contributed by atoms with Crippen LogP contribution in [-0.4, -0.2) is 10.1 Å². The van der Waals surface area contributed by atoms with Gasteiger partial charge in [-0.05, 0) is 42.0 Å². The molecule has 1 fully saturated rings. The van der Waals surface area contributed by atoms with Crippen LogP contribution >= 0.6 is 0 Å². The highest BCUT2D eigenvalue weighted by atomic mass is 19.1. The van der Waals surface area contributed by atoms with Gasteiger partial charge in [0.1, 0.15) is 11.9 Å². The maximum absolute atomic E-state index is 12.8. The van der Waals surface area contributed by atoms with Gasteiger partial charge in [0.05, 0.1) is 11.9 Å². The molecule has 1 aromatic heterocycles. The molecule has 3 rings (SSSR count). The predicted octanol–water partition coefficient (Wildman–Crippen LogP) is 3.57. The van der Waals surface area contributed by atoms with Crippen molar-refractivity contribution in [1.29, 1.82) is 0 Å². The molecule has 1 aromatic carbocycles. The van der Waals surface area contributed by atoms with Crippen molar-refractivity contribution in [2.45, 2.75) is 31.3 Å². The molecule has 1 unspecified atom stereocenters. The molecular formula is C16H16FNO. The summed E-state index contributed by atoms with van der Waals surface area (Å²) in [5.41, 5.74) is 2.58. The van der Waals surface area contributed by atoms with E-state index in [4.69, 9.17) is 0 Å². The number of aliphatic hydroxyl groups is 1. The highest BCUT2D eigenvalue weighted by Crippen LogP contribution is 2.37. The third kappa shape index (κ3) is 2.51. The van der Waals surface area contributed by atoms with E-state index in [0.717, 1.165) is 11.8 Å². The van der Waals surface area contributed by atoms with E-state index in [1.54, 1.807) is 0 Å². The summed E-state index contributed by atoms with van der Waals surface area (Å²) in [6.45, 7) is 0. The lowest BCUT2D eigenvalue weighted by atomic mass is 9.79. The van der Waals surface area contributed by atoms with Gasteiger partial charge < -0.3 is 5.11 Å². The summed E-state index contributed by atoms with van der Waals surface area (Å²) in [5, 5.41) is 10.3. The van der Waals surface area contributed by atoms with E-state index in [1.807, 2.05) is 18.2 Å². The number of aliphatic hydroxyl groups excluding tert-OH is 1. The zero-order chi connectivity index (χ0) is 13.2. The molecule has 2 nitrogen and oxygen atoms in total. The van der Waals surface area contributed by atoms with Crippen molar-refractivity contribution in [1.82, 2.24) is 4.98 Å². The standard InChI is InChI=1S/C16H16FNO/c17-14-7-8-15(18-10-14)16(19)13-6-2-5-12(9-13)11-3-1-4-11/h2,5-11,16,19H,1,3-4H2. The minimum absolute atomic E-state index is 0.390. The molecule has 0 aliphatic heterocycles. The first-order valence-corrected chi connectivity index (χ1v) is 6.63. The van der Waals surface area contributed by atoms with Crippen LogP contribution in [0.2, 0.25) is 0 Å². The monoisotopic (exact) mass is 257 g/mol. The van der Waals surface area contributed by atoms with Crippen molar-refractivity contribution in [3.8, 4) is 0 Å². The van der Waals surface area contributed by atoms with Crippen molar-refractivity contribution in [2.24, 2.45) is 0 Å². The Hall–Kier alpha value is -1.74. The lowest BCUT2D eigenvalue weighted by molar-refractivity contribution is 0.215. The molecular weight excluding hydrogens is 241 g/mol. The van der Waals surface area contributed by atoms with E-state index in [2.05, 4.69) is 11.1 Å². The van der Waals surface area contributed by atoms with E-state index in [9.17, 15) is 9.50 Å². The quantitative estimate of drug-likeness (QED) is 0.911. The summed E-state index contributed by atoms with van der Waals surface area (Å²) < 4.78 is 12.8. The van der Waals surface area contributed by atoms with Crippen molar-refractivity contribution < 1.29 is 9.50 Å². The van der Waals surface area contributed by atoms with Crippen molar-refractivity contribution in [2.75, 3.05) is 0 Å². The minimum Gasteiger partial charge on any atom is -0.382 e. The molecule has 0 saturated heterocycles. The fourth-order valence-electron chi connectivity index (χ4n) is 2.44. The summed E-state index contributed by atoms with van der Waals surface area (Å²) in [4.78, 5) is 3.94. The highest BCUT2D eigenvalue weighted by Gasteiger charge is 2.20. The molecule has 19 heavy (non-hydrogen) atoms.